The van der Waals surface area contributed by atoms with Crippen LogP contribution in [0.1, 0.15) is 5.82 Å². The van der Waals surface area contributed by atoms with Gasteiger partial charge in [-0.2, -0.15) is 5.21 Å². The Kier molecular flexibility index (Phi) is 3.39. The summed E-state index contributed by atoms with van der Waals surface area (Å²) < 4.78 is 15.7. The fraction of sp³-hybridized carbons (Fsp3) is 0.300. The van der Waals surface area contributed by atoms with Gasteiger partial charge in [-0.1, -0.05) is 5.21 Å². The molecule has 1 N–H and O–H groups in total. The summed E-state index contributed by atoms with van der Waals surface area (Å²) >= 11 is 0. The molecule has 7 nitrogen and oxygen atoms in total. The fourth-order valence-corrected chi connectivity index (χ4v) is 1.26. The Hall–Kier alpha value is -2.31. The molecule has 1 aromatic heterocycles. The van der Waals surface area contributed by atoms with E-state index in [0.717, 1.165) is 0 Å². The standard InChI is InChI=1S/C10H12N4O3/c1-15-7-3-8(16-2)5-9(4-7)17-6-10-11-13-14-12-10/h3-5H,6H2,1-2H3,(H,11,12,13,14). The second-order valence-electron chi connectivity index (χ2n) is 3.17. The van der Waals surface area contributed by atoms with Crippen molar-refractivity contribution in [3.63, 3.8) is 0 Å². The van der Waals surface area contributed by atoms with Gasteiger partial charge in [0.25, 0.3) is 0 Å². The molecule has 0 amide bonds. The summed E-state index contributed by atoms with van der Waals surface area (Å²) in [6.07, 6.45) is 0. The number of benzene rings is 1. The lowest BCUT2D eigenvalue weighted by atomic mass is 10.3. The third kappa shape index (κ3) is 2.83. The predicted molar refractivity (Wildman–Crippen MR) is 58.1 cm³/mol. The van der Waals surface area contributed by atoms with E-state index in [4.69, 9.17) is 14.2 Å². The van der Waals surface area contributed by atoms with Gasteiger partial charge in [0.15, 0.2) is 6.61 Å². The van der Waals surface area contributed by atoms with Gasteiger partial charge in [-0.05, 0) is 0 Å². The van der Waals surface area contributed by atoms with E-state index in [1.165, 1.54) is 0 Å². The number of methoxy groups -OCH3 is 2. The fourth-order valence-electron chi connectivity index (χ4n) is 1.26. The number of ether oxygens (including phenoxy) is 3. The van der Waals surface area contributed by atoms with Crippen LogP contribution in [0.25, 0.3) is 0 Å². The van der Waals surface area contributed by atoms with Crippen molar-refractivity contribution in [2.75, 3.05) is 14.2 Å². The number of aromatic nitrogens is 4. The molecule has 1 aromatic carbocycles. The van der Waals surface area contributed by atoms with Crippen LogP contribution < -0.4 is 14.2 Å². The zero-order valence-corrected chi connectivity index (χ0v) is 9.51. The number of nitrogens with zero attached hydrogens (tertiary/aromatic N) is 3. The number of hydrogen-bond acceptors (Lipinski definition) is 6. The highest BCUT2D eigenvalue weighted by atomic mass is 16.5. The molecule has 0 fully saturated rings. The van der Waals surface area contributed by atoms with E-state index in [2.05, 4.69) is 20.6 Å². The molecule has 0 saturated heterocycles. The maximum Gasteiger partial charge on any atom is 0.211 e. The van der Waals surface area contributed by atoms with Crippen molar-refractivity contribution in [1.29, 1.82) is 0 Å². The molecule has 0 aliphatic carbocycles. The van der Waals surface area contributed by atoms with Gasteiger partial charge in [0.1, 0.15) is 17.2 Å². The van der Waals surface area contributed by atoms with E-state index < -0.39 is 0 Å². The molecule has 0 aliphatic rings. The van der Waals surface area contributed by atoms with Crippen LogP contribution in [0.3, 0.4) is 0 Å². The first kappa shape index (κ1) is 11.2. The minimum atomic E-state index is 0.229. The van der Waals surface area contributed by atoms with Gasteiger partial charge < -0.3 is 14.2 Å². The van der Waals surface area contributed by atoms with Crippen molar-refractivity contribution in [3.8, 4) is 17.2 Å². The number of H-pyrrole nitrogens is 1. The third-order valence-corrected chi connectivity index (χ3v) is 2.08. The first-order valence-corrected chi connectivity index (χ1v) is 4.90. The molecule has 1 heterocycles. The SMILES string of the molecule is COc1cc(OC)cc(OCc2nn[nH]n2)c1. The molecule has 0 unspecified atom stereocenters. The van der Waals surface area contributed by atoms with Crippen molar-refractivity contribution in [2.24, 2.45) is 0 Å². The van der Waals surface area contributed by atoms with E-state index in [0.29, 0.717) is 23.1 Å². The maximum absolute atomic E-state index is 5.49. The van der Waals surface area contributed by atoms with Crippen molar-refractivity contribution >= 4 is 0 Å². The van der Waals surface area contributed by atoms with Crippen LogP contribution in [0.4, 0.5) is 0 Å². The summed E-state index contributed by atoms with van der Waals surface area (Å²) in [6, 6.07) is 5.27. The molecule has 0 spiro atoms. The van der Waals surface area contributed by atoms with Crippen molar-refractivity contribution in [2.45, 2.75) is 6.61 Å². The topological polar surface area (TPSA) is 82.1 Å². The average Bonchev–Trinajstić information content (AvgIpc) is 2.89. The van der Waals surface area contributed by atoms with Crippen LogP contribution in [0.15, 0.2) is 18.2 Å². The van der Waals surface area contributed by atoms with Gasteiger partial charge in [-0.15, -0.1) is 10.2 Å². The molecule has 2 aromatic rings. The molecule has 2 rings (SSSR count). The molecule has 0 bridgehead atoms. The Morgan fingerprint density at radius 1 is 1.06 bits per heavy atom. The van der Waals surface area contributed by atoms with Crippen molar-refractivity contribution in [3.05, 3.63) is 24.0 Å². The largest absolute Gasteiger partial charge is 0.496 e. The minimum absolute atomic E-state index is 0.229. The lowest BCUT2D eigenvalue weighted by molar-refractivity contribution is 0.291. The Morgan fingerprint density at radius 3 is 2.24 bits per heavy atom. The summed E-state index contributed by atoms with van der Waals surface area (Å²) in [5.41, 5.74) is 0. The molecule has 0 atom stereocenters. The summed E-state index contributed by atoms with van der Waals surface area (Å²) in [7, 11) is 3.16. The second kappa shape index (κ2) is 5.15. The first-order valence-electron chi connectivity index (χ1n) is 4.90. The number of rotatable bonds is 5. The smallest absolute Gasteiger partial charge is 0.211 e. The third-order valence-electron chi connectivity index (χ3n) is 2.08. The quantitative estimate of drug-likeness (QED) is 0.826. The average molecular weight is 236 g/mol. The van der Waals surface area contributed by atoms with Crippen LogP contribution in [-0.2, 0) is 6.61 Å². The lowest BCUT2D eigenvalue weighted by Crippen LogP contribution is -1.98. The van der Waals surface area contributed by atoms with Crippen LogP contribution in [0.2, 0.25) is 0 Å². The second-order valence-corrected chi connectivity index (χ2v) is 3.17. The molecule has 0 aliphatic heterocycles. The number of tetrazole rings is 1. The zero-order chi connectivity index (χ0) is 12.1. The molecule has 0 radical (unpaired) electrons. The Morgan fingerprint density at radius 2 is 1.71 bits per heavy atom. The van der Waals surface area contributed by atoms with Gasteiger partial charge in [0.05, 0.1) is 14.2 Å². The van der Waals surface area contributed by atoms with E-state index in [1.54, 1.807) is 32.4 Å². The molecular weight excluding hydrogens is 224 g/mol. The number of nitrogens with one attached hydrogen (secondary N) is 1. The highest BCUT2D eigenvalue weighted by Gasteiger charge is 2.04. The van der Waals surface area contributed by atoms with Crippen LogP contribution >= 0.6 is 0 Å². The van der Waals surface area contributed by atoms with Gasteiger partial charge in [0.2, 0.25) is 5.82 Å². The van der Waals surface area contributed by atoms with Crippen LogP contribution in [-0.4, -0.2) is 34.8 Å². The predicted octanol–water partition coefficient (Wildman–Crippen LogP) is 0.796. The van der Waals surface area contributed by atoms with Gasteiger partial charge in [-0.25, -0.2) is 0 Å². The van der Waals surface area contributed by atoms with Gasteiger partial charge in [0, 0.05) is 18.2 Å². The normalized spacial score (nSPS) is 10.0. The van der Waals surface area contributed by atoms with E-state index in [1.807, 2.05) is 0 Å². The van der Waals surface area contributed by atoms with Crippen LogP contribution in [0.5, 0.6) is 17.2 Å². The van der Waals surface area contributed by atoms with E-state index in [9.17, 15) is 0 Å². The molecule has 17 heavy (non-hydrogen) atoms. The Balaban J connectivity index is 2.09. The number of hydrogen-bond donors (Lipinski definition) is 1. The highest BCUT2D eigenvalue weighted by molar-refractivity contribution is 5.41. The summed E-state index contributed by atoms with van der Waals surface area (Å²) in [5, 5.41) is 13.4. The zero-order valence-electron chi connectivity index (χ0n) is 9.51. The molecular formula is C10H12N4O3. The van der Waals surface area contributed by atoms with Crippen LogP contribution in [0, 0.1) is 0 Å². The van der Waals surface area contributed by atoms with Crippen molar-refractivity contribution in [1.82, 2.24) is 20.6 Å². The highest BCUT2D eigenvalue weighted by Crippen LogP contribution is 2.27. The van der Waals surface area contributed by atoms with E-state index >= 15 is 0 Å². The van der Waals surface area contributed by atoms with E-state index in [-0.39, 0.29) is 6.61 Å². The Labute approximate surface area is 97.7 Å². The summed E-state index contributed by atoms with van der Waals surface area (Å²) in [6.45, 7) is 0.229. The Bertz CT molecular complexity index is 450. The maximum atomic E-state index is 5.49. The minimum Gasteiger partial charge on any atom is -0.496 e. The van der Waals surface area contributed by atoms with Gasteiger partial charge >= 0.3 is 0 Å². The lowest BCUT2D eigenvalue weighted by Gasteiger charge is -2.08. The monoisotopic (exact) mass is 236 g/mol. The summed E-state index contributed by atoms with van der Waals surface area (Å²) in [4.78, 5) is 0. The summed E-state index contributed by atoms with van der Waals surface area (Å²) in [5.74, 6) is 2.41. The first-order chi connectivity index (χ1) is 8.31. The number of aromatic amines is 1. The molecule has 0 saturated carbocycles. The van der Waals surface area contributed by atoms with Crippen molar-refractivity contribution < 1.29 is 14.2 Å². The van der Waals surface area contributed by atoms with Gasteiger partial charge in [-0.3, -0.25) is 0 Å². The molecule has 7 heteroatoms. The molecule has 90 valence electrons.